The lowest BCUT2D eigenvalue weighted by Gasteiger charge is -2.17. The van der Waals surface area contributed by atoms with E-state index < -0.39 is 5.82 Å². The van der Waals surface area contributed by atoms with Crippen molar-refractivity contribution in [1.82, 2.24) is 5.32 Å². The summed E-state index contributed by atoms with van der Waals surface area (Å²) in [7, 11) is 0. The standard InChI is InChI=1S/C21H23FN2O3/c1-14(2)15-6-8-19(9-7-15)27-13-20(25)23-17-11-21(26)24(12-17)18-5-3-4-16(22)10-18/h3-10,14,17H,11-13H2,1-2H3,(H,23,25)/t17-/m0/s1. The van der Waals surface area contributed by atoms with E-state index in [1.807, 2.05) is 24.3 Å². The first-order valence-electron chi connectivity index (χ1n) is 9.00. The summed E-state index contributed by atoms with van der Waals surface area (Å²) in [6, 6.07) is 13.2. The molecule has 0 aromatic heterocycles. The summed E-state index contributed by atoms with van der Waals surface area (Å²) in [6.07, 6.45) is 0.186. The Balaban J connectivity index is 1.50. The summed E-state index contributed by atoms with van der Waals surface area (Å²) in [5, 5.41) is 2.80. The van der Waals surface area contributed by atoms with Crippen molar-refractivity contribution in [2.24, 2.45) is 0 Å². The van der Waals surface area contributed by atoms with Crippen molar-refractivity contribution < 1.29 is 18.7 Å². The van der Waals surface area contributed by atoms with Crippen molar-refractivity contribution in [1.29, 1.82) is 0 Å². The Bertz CT molecular complexity index is 820. The second-order valence-corrected chi connectivity index (χ2v) is 6.97. The quantitative estimate of drug-likeness (QED) is 0.849. The van der Waals surface area contributed by atoms with Crippen LogP contribution in [0.2, 0.25) is 0 Å². The highest BCUT2D eigenvalue weighted by atomic mass is 19.1. The number of nitrogens with zero attached hydrogens (tertiary/aromatic N) is 1. The van der Waals surface area contributed by atoms with Crippen molar-refractivity contribution in [3.63, 3.8) is 0 Å². The summed E-state index contributed by atoms with van der Waals surface area (Å²) in [6.45, 7) is 4.42. The molecular formula is C21H23FN2O3. The molecule has 6 heteroatoms. The lowest BCUT2D eigenvalue weighted by atomic mass is 10.0. The van der Waals surface area contributed by atoms with Crippen LogP contribution in [0.5, 0.6) is 5.75 Å². The molecule has 0 unspecified atom stereocenters. The van der Waals surface area contributed by atoms with Gasteiger partial charge in [-0.05, 0) is 41.8 Å². The van der Waals surface area contributed by atoms with Gasteiger partial charge in [0.1, 0.15) is 11.6 Å². The molecule has 1 aliphatic heterocycles. The second kappa shape index (κ2) is 8.20. The van der Waals surface area contributed by atoms with Crippen molar-refractivity contribution in [2.75, 3.05) is 18.1 Å². The first-order valence-corrected chi connectivity index (χ1v) is 9.00. The fourth-order valence-electron chi connectivity index (χ4n) is 3.06. The summed E-state index contributed by atoms with van der Waals surface area (Å²) >= 11 is 0. The predicted octanol–water partition coefficient (Wildman–Crippen LogP) is 3.25. The molecule has 1 fully saturated rings. The first kappa shape index (κ1) is 18.9. The number of nitrogens with one attached hydrogen (secondary N) is 1. The van der Waals surface area contributed by atoms with E-state index in [1.54, 1.807) is 12.1 Å². The van der Waals surface area contributed by atoms with Gasteiger partial charge in [0.2, 0.25) is 5.91 Å². The summed E-state index contributed by atoms with van der Waals surface area (Å²) < 4.78 is 18.9. The Labute approximate surface area is 158 Å². The molecule has 2 aromatic rings. The Hall–Kier alpha value is -2.89. The van der Waals surface area contributed by atoms with Crippen molar-refractivity contribution in [3.8, 4) is 5.75 Å². The van der Waals surface area contributed by atoms with Crippen LogP contribution in [0.25, 0.3) is 0 Å². The van der Waals surface area contributed by atoms with E-state index in [-0.39, 0.29) is 30.9 Å². The third-order valence-corrected chi connectivity index (χ3v) is 4.53. The molecular weight excluding hydrogens is 347 g/mol. The Morgan fingerprint density at radius 1 is 1.26 bits per heavy atom. The van der Waals surface area contributed by atoms with Gasteiger partial charge in [-0.15, -0.1) is 0 Å². The molecule has 0 saturated carbocycles. The largest absolute Gasteiger partial charge is 0.484 e. The maximum absolute atomic E-state index is 13.4. The van der Waals surface area contributed by atoms with Gasteiger partial charge >= 0.3 is 0 Å². The van der Waals surface area contributed by atoms with Crippen LogP contribution in [-0.4, -0.2) is 31.0 Å². The molecule has 0 spiro atoms. The molecule has 1 N–H and O–H groups in total. The Morgan fingerprint density at radius 2 is 2.00 bits per heavy atom. The van der Waals surface area contributed by atoms with Gasteiger partial charge in [-0.1, -0.05) is 32.0 Å². The van der Waals surface area contributed by atoms with Crippen molar-refractivity contribution in [2.45, 2.75) is 32.2 Å². The minimum Gasteiger partial charge on any atom is -0.484 e. The lowest BCUT2D eigenvalue weighted by molar-refractivity contribution is -0.123. The highest BCUT2D eigenvalue weighted by molar-refractivity contribution is 5.96. The SMILES string of the molecule is CC(C)c1ccc(OCC(=O)N[C@H]2CC(=O)N(c3cccc(F)c3)C2)cc1. The zero-order valence-corrected chi connectivity index (χ0v) is 15.4. The maximum Gasteiger partial charge on any atom is 0.258 e. The van der Waals surface area contributed by atoms with Crippen LogP contribution in [0.4, 0.5) is 10.1 Å². The molecule has 0 aliphatic carbocycles. The van der Waals surface area contributed by atoms with Crippen LogP contribution >= 0.6 is 0 Å². The summed E-state index contributed by atoms with van der Waals surface area (Å²) in [5.74, 6) is 0.226. The van der Waals surface area contributed by atoms with Crippen LogP contribution in [0.3, 0.4) is 0 Å². The third kappa shape index (κ3) is 4.84. The normalized spacial score (nSPS) is 16.7. The number of rotatable bonds is 6. The van der Waals surface area contributed by atoms with Gasteiger partial charge in [-0.25, -0.2) is 4.39 Å². The first-order chi connectivity index (χ1) is 12.9. The Kier molecular flexibility index (Phi) is 5.74. The van der Waals surface area contributed by atoms with Crippen LogP contribution in [-0.2, 0) is 9.59 Å². The maximum atomic E-state index is 13.4. The number of ether oxygens (including phenoxy) is 1. The highest BCUT2D eigenvalue weighted by Gasteiger charge is 2.31. The van der Waals surface area contributed by atoms with E-state index in [0.717, 1.165) is 0 Å². The number of benzene rings is 2. The summed E-state index contributed by atoms with van der Waals surface area (Å²) in [4.78, 5) is 25.8. The average Bonchev–Trinajstić information content (AvgIpc) is 3.00. The molecule has 2 amide bonds. The third-order valence-electron chi connectivity index (χ3n) is 4.53. The van der Waals surface area contributed by atoms with Gasteiger partial charge in [0.05, 0.1) is 6.04 Å². The molecule has 3 rings (SSSR count). The number of halogens is 1. The molecule has 5 nitrogen and oxygen atoms in total. The topological polar surface area (TPSA) is 58.6 Å². The van der Waals surface area contributed by atoms with Crippen molar-refractivity contribution >= 4 is 17.5 Å². The fourth-order valence-corrected chi connectivity index (χ4v) is 3.06. The zero-order valence-electron chi connectivity index (χ0n) is 15.4. The van der Waals surface area contributed by atoms with Crippen LogP contribution in [0.15, 0.2) is 48.5 Å². The van der Waals surface area contributed by atoms with Crippen LogP contribution < -0.4 is 15.0 Å². The van der Waals surface area contributed by atoms with Gasteiger partial charge in [0.15, 0.2) is 6.61 Å². The molecule has 27 heavy (non-hydrogen) atoms. The van der Waals surface area contributed by atoms with Gasteiger partial charge in [-0.2, -0.15) is 0 Å². The number of anilines is 1. The van der Waals surface area contributed by atoms with Gasteiger partial charge in [0, 0.05) is 18.7 Å². The minimum atomic E-state index is -0.398. The number of hydrogen-bond acceptors (Lipinski definition) is 3. The summed E-state index contributed by atoms with van der Waals surface area (Å²) in [5.41, 5.74) is 1.70. The molecule has 142 valence electrons. The van der Waals surface area contributed by atoms with Gasteiger partial charge in [0.25, 0.3) is 5.91 Å². The Morgan fingerprint density at radius 3 is 2.67 bits per heavy atom. The monoisotopic (exact) mass is 370 g/mol. The highest BCUT2D eigenvalue weighted by Crippen LogP contribution is 2.22. The molecule has 1 heterocycles. The molecule has 2 aromatic carbocycles. The lowest BCUT2D eigenvalue weighted by Crippen LogP contribution is -2.39. The van der Waals surface area contributed by atoms with Crippen molar-refractivity contribution in [3.05, 3.63) is 59.9 Å². The van der Waals surface area contributed by atoms with E-state index in [0.29, 0.717) is 23.9 Å². The number of carbonyl (C=O) groups is 2. The van der Waals surface area contributed by atoms with E-state index in [1.165, 1.54) is 22.6 Å². The van der Waals surface area contributed by atoms with Crippen LogP contribution in [0, 0.1) is 5.82 Å². The van der Waals surface area contributed by atoms with E-state index in [2.05, 4.69) is 19.2 Å². The number of amides is 2. The molecule has 1 saturated heterocycles. The predicted molar refractivity (Wildman–Crippen MR) is 101 cm³/mol. The van der Waals surface area contributed by atoms with E-state index >= 15 is 0 Å². The van der Waals surface area contributed by atoms with Crippen LogP contribution in [0.1, 0.15) is 31.7 Å². The minimum absolute atomic E-state index is 0.119. The molecule has 0 bridgehead atoms. The molecule has 1 aliphatic rings. The smallest absolute Gasteiger partial charge is 0.258 e. The fraction of sp³-hybridized carbons (Fsp3) is 0.333. The number of hydrogen-bond donors (Lipinski definition) is 1. The van der Waals surface area contributed by atoms with E-state index in [4.69, 9.17) is 4.74 Å². The second-order valence-electron chi connectivity index (χ2n) is 6.97. The molecule has 0 radical (unpaired) electrons. The van der Waals surface area contributed by atoms with Gasteiger partial charge < -0.3 is 15.0 Å². The van der Waals surface area contributed by atoms with Gasteiger partial charge in [-0.3, -0.25) is 9.59 Å². The zero-order chi connectivity index (χ0) is 19.4. The molecule has 1 atom stereocenters. The van der Waals surface area contributed by atoms with E-state index in [9.17, 15) is 14.0 Å². The average molecular weight is 370 g/mol. The number of carbonyl (C=O) groups excluding carboxylic acids is 2.